The van der Waals surface area contributed by atoms with Gasteiger partial charge < -0.3 is 5.11 Å². The van der Waals surface area contributed by atoms with Gasteiger partial charge in [0.15, 0.2) is 0 Å². The van der Waals surface area contributed by atoms with Gasteiger partial charge in [0.05, 0.1) is 9.64 Å². The van der Waals surface area contributed by atoms with Crippen LogP contribution in [0, 0.1) is 0 Å². The summed E-state index contributed by atoms with van der Waals surface area (Å²) in [6.07, 6.45) is -3.33. The van der Waals surface area contributed by atoms with Gasteiger partial charge in [-0.25, -0.2) is 0 Å². The fraction of sp³-hybridized carbons (Fsp3) is 0.571. The molecule has 1 aliphatic heterocycles. The zero-order valence-corrected chi connectivity index (χ0v) is 13.0. The van der Waals surface area contributed by atoms with Gasteiger partial charge in [-0.2, -0.15) is 13.2 Å². The molecule has 1 unspecified atom stereocenters. The molecule has 0 spiro atoms. The van der Waals surface area contributed by atoms with Crippen molar-refractivity contribution in [2.45, 2.75) is 36.1 Å². The highest BCUT2D eigenvalue weighted by Crippen LogP contribution is 2.53. The van der Waals surface area contributed by atoms with Gasteiger partial charge in [0.2, 0.25) is 0 Å². The number of benzene rings is 1. The molecule has 0 aromatic heterocycles. The summed E-state index contributed by atoms with van der Waals surface area (Å²) in [5.74, 6) is 1.83. The summed E-state index contributed by atoms with van der Waals surface area (Å²) in [5, 5.41) is 10.9. The van der Waals surface area contributed by atoms with E-state index >= 15 is 0 Å². The van der Waals surface area contributed by atoms with Crippen molar-refractivity contribution in [2.24, 2.45) is 0 Å². The van der Waals surface area contributed by atoms with Crippen molar-refractivity contribution in [3.63, 3.8) is 0 Å². The molecule has 1 aromatic rings. The van der Waals surface area contributed by atoms with Gasteiger partial charge in [-0.05, 0) is 49.5 Å². The molecule has 1 saturated heterocycles. The van der Waals surface area contributed by atoms with Crippen molar-refractivity contribution in [3.05, 3.63) is 35.4 Å². The molecule has 1 fully saturated rings. The molecule has 0 bridgehead atoms. The minimum Gasteiger partial charge on any atom is -0.383 e. The molecule has 1 nitrogen and oxygen atoms in total. The summed E-state index contributed by atoms with van der Waals surface area (Å²) in [6, 6.07) is 5.01. The molecule has 112 valence electrons. The molecular formula is C14H17F3OS2. The molecule has 20 heavy (non-hydrogen) atoms. The maximum absolute atomic E-state index is 12.8. The van der Waals surface area contributed by atoms with E-state index in [0.717, 1.165) is 30.1 Å². The number of hydrogen-bond donors (Lipinski definition) is 1. The highest BCUT2D eigenvalue weighted by atomic mass is 32.2. The minimum atomic E-state index is -4.39. The highest BCUT2D eigenvalue weighted by molar-refractivity contribution is 8.18. The number of hydrogen-bond acceptors (Lipinski definition) is 3. The van der Waals surface area contributed by atoms with Crippen LogP contribution in [-0.2, 0) is 11.8 Å². The molecule has 1 N–H and O–H groups in total. The lowest BCUT2D eigenvalue weighted by Crippen LogP contribution is -2.44. The van der Waals surface area contributed by atoms with Gasteiger partial charge in [0, 0.05) is 0 Å². The average molecular weight is 322 g/mol. The monoisotopic (exact) mass is 322 g/mol. The molecule has 1 aromatic carbocycles. The van der Waals surface area contributed by atoms with E-state index in [-0.39, 0.29) is 0 Å². The summed E-state index contributed by atoms with van der Waals surface area (Å²) < 4.78 is 37.9. The molecule has 0 saturated carbocycles. The zero-order valence-electron chi connectivity index (χ0n) is 11.3. The number of alkyl halides is 3. The maximum Gasteiger partial charge on any atom is 0.416 e. The normalized spacial score (nSPS) is 22.3. The zero-order chi connectivity index (χ0) is 15.0. The lowest BCUT2D eigenvalue weighted by Gasteiger charge is -2.44. The number of rotatable bonds is 2. The minimum absolute atomic E-state index is 0.316. The Bertz CT molecular complexity index is 480. The molecule has 0 aliphatic carbocycles. The van der Waals surface area contributed by atoms with Gasteiger partial charge in [-0.3, -0.25) is 0 Å². The Morgan fingerprint density at radius 1 is 1.15 bits per heavy atom. The lowest BCUT2D eigenvalue weighted by molar-refractivity contribution is -0.137. The first kappa shape index (κ1) is 16.0. The smallest absolute Gasteiger partial charge is 0.383 e. The first-order valence-electron chi connectivity index (χ1n) is 6.35. The van der Waals surface area contributed by atoms with Crippen LogP contribution < -0.4 is 0 Å². The second-order valence-corrected chi connectivity index (χ2v) is 8.43. The second-order valence-electron chi connectivity index (χ2n) is 5.15. The third-order valence-corrected chi connectivity index (χ3v) is 7.27. The van der Waals surface area contributed by atoms with Crippen LogP contribution in [0.1, 0.15) is 31.4 Å². The number of aliphatic hydroxyl groups is 1. The first-order valence-corrected chi connectivity index (χ1v) is 8.32. The Morgan fingerprint density at radius 2 is 1.70 bits per heavy atom. The van der Waals surface area contributed by atoms with Gasteiger partial charge in [0.25, 0.3) is 0 Å². The van der Waals surface area contributed by atoms with Crippen LogP contribution in [0.15, 0.2) is 24.3 Å². The van der Waals surface area contributed by atoms with E-state index < -0.39 is 21.4 Å². The van der Waals surface area contributed by atoms with Crippen LogP contribution in [0.25, 0.3) is 0 Å². The predicted octanol–water partition coefficient (Wildman–Crippen LogP) is 4.50. The van der Waals surface area contributed by atoms with Crippen LogP contribution in [0.2, 0.25) is 0 Å². The van der Waals surface area contributed by atoms with Gasteiger partial charge >= 0.3 is 6.18 Å². The fourth-order valence-electron chi connectivity index (χ4n) is 2.18. The van der Waals surface area contributed by atoms with Crippen molar-refractivity contribution in [1.82, 2.24) is 0 Å². The van der Waals surface area contributed by atoms with Crippen LogP contribution in [0.3, 0.4) is 0 Å². The average Bonchev–Trinajstić information content (AvgIpc) is 2.38. The van der Waals surface area contributed by atoms with Crippen molar-refractivity contribution in [1.29, 1.82) is 0 Å². The SMILES string of the molecule is CC1(C(C)(O)c2cccc(C(F)(F)F)c2)SCCCS1. The summed E-state index contributed by atoms with van der Waals surface area (Å²) in [5.41, 5.74) is -1.72. The van der Waals surface area contributed by atoms with E-state index in [0.29, 0.717) is 5.56 Å². The topological polar surface area (TPSA) is 20.2 Å². The molecule has 6 heteroatoms. The van der Waals surface area contributed by atoms with Crippen molar-refractivity contribution in [3.8, 4) is 0 Å². The first-order chi connectivity index (χ1) is 9.17. The van der Waals surface area contributed by atoms with E-state index in [9.17, 15) is 18.3 Å². The third kappa shape index (κ3) is 2.97. The lowest BCUT2D eigenvalue weighted by atomic mass is 9.91. The molecule has 1 aliphatic rings. The van der Waals surface area contributed by atoms with Gasteiger partial charge in [-0.15, -0.1) is 23.5 Å². The Hall–Kier alpha value is -0.330. The molecular weight excluding hydrogens is 305 g/mol. The Labute approximate surface area is 125 Å². The summed E-state index contributed by atoms with van der Waals surface area (Å²) in [4.78, 5) is 0. The fourth-order valence-corrected chi connectivity index (χ4v) is 5.35. The summed E-state index contributed by atoms with van der Waals surface area (Å²) >= 11 is 3.22. The van der Waals surface area contributed by atoms with Crippen LogP contribution in [0.5, 0.6) is 0 Å². The second kappa shape index (κ2) is 5.46. The van der Waals surface area contributed by atoms with Gasteiger partial charge in [0.1, 0.15) is 5.60 Å². The van der Waals surface area contributed by atoms with Crippen LogP contribution >= 0.6 is 23.5 Å². The Kier molecular flexibility index (Phi) is 4.38. The summed E-state index contributed by atoms with van der Waals surface area (Å²) in [7, 11) is 0. The number of halogens is 3. The van der Waals surface area contributed by atoms with Crippen molar-refractivity contribution < 1.29 is 18.3 Å². The van der Waals surface area contributed by atoms with E-state index in [1.54, 1.807) is 36.5 Å². The van der Waals surface area contributed by atoms with E-state index in [1.165, 1.54) is 6.07 Å². The van der Waals surface area contributed by atoms with E-state index in [4.69, 9.17) is 0 Å². The molecule has 0 amide bonds. The highest BCUT2D eigenvalue weighted by Gasteiger charge is 2.47. The predicted molar refractivity (Wildman–Crippen MR) is 79.0 cm³/mol. The van der Waals surface area contributed by atoms with E-state index in [2.05, 4.69) is 0 Å². The van der Waals surface area contributed by atoms with E-state index in [1.807, 2.05) is 6.92 Å². The Balaban J connectivity index is 2.38. The largest absolute Gasteiger partial charge is 0.416 e. The standard InChI is InChI=1S/C14H17F3OS2/c1-12(18,13(2)19-7-4-8-20-13)10-5-3-6-11(9-10)14(15,16)17/h3,5-6,9,18H,4,7-8H2,1-2H3. The molecule has 2 rings (SSSR count). The molecule has 1 atom stereocenters. The Morgan fingerprint density at radius 3 is 2.25 bits per heavy atom. The quantitative estimate of drug-likeness (QED) is 0.866. The van der Waals surface area contributed by atoms with Crippen LogP contribution in [0.4, 0.5) is 13.2 Å². The van der Waals surface area contributed by atoms with Crippen LogP contribution in [-0.4, -0.2) is 20.7 Å². The third-order valence-electron chi connectivity index (χ3n) is 3.68. The van der Waals surface area contributed by atoms with Gasteiger partial charge in [-0.1, -0.05) is 12.1 Å². The number of thioether (sulfide) groups is 2. The molecule has 0 radical (unpaired) electrons. The van der Waals surface area contributed by atoms with Crippen molar-refractivity contribution in [2.75, 3.05) is 11.5 Å². The summed E-state index contributed by atoms with van der Waals surface area (Å²) in [6.45, 7) is 3.51. The van der Waals surface area contributed by atoms with Crippen molar-refractivity contribution >= 4 is 23.5 Å². The maximum atomic E-state index is 12.8. The molecule has 1 heterocycles.